The Labute approximate surface area is 133 Å². The highest BCUT2D eigenvalue weighted by Crippen LogP contribution is 2.20. The van der Waals surface area contributed by atoms with Gasteiger partial charge in [-0.1, -0.05) is 37.8 Å². The number of carbonyl (C=O) groups excluding carboxylic acids is 1. The van der Waals surface area contributed by atoms with Gasteiger partial charge in [-0.3, -0.25) is 4.79 Å². The second-order valence-corrected chi connectivity index (χ2v) is 5.84. The van der Waals surface area contributed by atoms with Gasteiger partial charge in [0.1, 0.15) is 5.15 Å². The van der Waals surface area contributed by atoms with Crippen LogP contribution in [0.4, 0.5) is 0 Å². The Bertz CT molecular complexity index is 443. The Kier molecular flexibility index (Phi) is 8.11. The summed E-state index contributed by atoms with van der Waals surface area (Å²) in [4.78, 5) is 18.0. The summed E-state index contributed by atoms with van der Waals surface area (Å²) < 4.78 is 0.709. The molecule has 1 heterocycles. The Balaban J connectivity index is 2.74. The third-order valence-corrected chi connectivity index (χ3v) is 3.71. The molecule has 6 heteroatoms. The first-order valence-electron chi connectivity index (χ1n) is 6.81. The number of aliphatic hydroxyl groups is 1. The molecule has 0 saturated heterocycles. The Morgan fingerprint density at radius 2 is 2.15 bits per heavy atom. The monoisotopic (exact) mass is 362 g/mol. The third-order valence-electron chi connectivity index (χ3n) is 2.97. The molecule has 0 aliphatic rings. The van der Waals surface area contributed by atoms with Crippen molar-refractivity contribution in [3.05, 3.63) is 27.5 Å². The predicted octanol–water partition coefficient (Wildman–Crippen LogP) is 3.51. The Morgan fingerprint density at radius 1 is 1.40 bits per heavy atom. The van der Waals surface area contributed by atoms with Crippen LogP contribution in [0.5, 0.6) is 0 Å². The fourth-order valence-corrected chi connectivity index (χ4v) is 2.42. The lowest BCUT2D eigenvalue weighted by molar-refractivity contribution is 0.0718. The molecule has 4 nitrogen and oxygen atoms in total. The number of aromatic nitrogens is 1. The highest BCUT2D eigenvalue weighted by atomic mass is 79.9. The van der Waals surface area contributed by atoms with E-state index in [0.717, 1.165) is 25.7 Å². The maximum atomic E-state index is 12.4. The standard InChI is InChI=1S/C14H20BrClN2O2/c1-2-3-4-5-6-18(7-8-19)14(20)12-9-11(15)10-17-13(12)16/h9-10,19H,2-8H2,1H3. The van der Waals surface area contributed by atoms with E-state index in [9.17, 15) is 4.79 Å². The van der Waals surface area contributed by atoms with Gasteiger partial charge in [-0.25, -0.2) is 4.98 Å². The molecule has 1 N–H and O–H groups in total. The van der Waals surface area contributed by atoms with Gasteiger partial charge in [0.05, 0.1) is 12.2 Å². The molecule has 1 aromatic heterocycles. The summed E-state index contributed by atoms with van der Waals surface area (Å²) in [5.74, 6) is -0.186. The summed E-state index contributed by atoms with van der Waals surface area (Å²) in [7, 11) is 0. The predicted molar refractivity (Wildman–Crippen MR) is 84.1 cm³/mol. The zero-order valence-corrected chi connectivity index (χ0v) is 14.0. The molecule has 0 atom stereocenters. The second kappa shape index (κ2) is 9.32. The summed E-state index contributed by atoms with van der Waals surface area (Å²) in [6.07, 6.45) is 5.86. The van der Waals surface area contributed by atoms with Crippen molar-refractivity contribution in [1.82, 2.24) is 9.88 Å². The number of hydrogen-bond acceptors (Lipinski definition) is 3. The maximum Gasteiger partial charge on any atom is 0.257 e. The first-order chi connectivity index (χ1) is 9.60. The first-order valence-corrected chi connectivity index (χ1v) is 7.98. The van der Waals surface area contributed by atoms with E-state index in [1.54, 1.807) is 17.2 Å². The number of unbranched alkanes of at least 4 members (excludes halogenated alkanes) is 3. The molecule has 112 valence electrons. The topological polar surface area (TPSA) is 53.4 Å². The molecule has 0 aliphatic heterocycles. The van der Waals surface area contributed by atoms with Crippen molar-refractivity contribution >= 4 is 33.4 Å². The molecular weight excluding hydrogens is 344 g/mol. The highest BCUT2D eigenvalue weighted by Gasteiger charge is 2.18. The van der Waals surface area contributed by atoms with Crippen LogP contribution in [0.3, 0.4) is 0 Å². The van der Waals surface area contributed by atoms with Gasteiger partial charge in [0.25, 0.3) is 5.91 Å². The number of nitrogens with zero attached hydrogens (tertiary/aromatic N) is 2. The molecule has 20 heavy (non-hydrogen) atoms. The molecule has 0 unspecified atom stereocenters. The molecular formula is C14H20BrClN2O2. The number of carbonyl (C=O) groups is 1. The lowest BCUT2D eigenvalue weighted by atomic mass is 10.2. The van der Waals surface area contributed by atoms with E-state index in [4.69, 9.17) is 16.7 Å². The van der Waals surface area contributed by atoms with Crippen LogP contribution >= 0.6 is 27.5 Å². The van der Waals surface area contributed by atoms with Crippen LogP contribution < -0.4 is 0 Å². The van der Waals surface area contributed by atoms with E-state index >= 15 is 0 Å². The van der Waals surface area contributed by atoms with Crippen molar-refractivity contribution < 1.29 is 9.90 Å². The van der Waals surface area contributed by atoms with E-state index in [-0.39, 0.29) is 17.7 Å². The van der Waals surface area contributed by atoms with E-state index in [1.807, 2.05) is 0 Å². The summed E-state index contributed by atoms with van der Waals surface area (Å²) in [6.45, 7) is 3.03. The molecule has 0 bridgehead atoms. The van der Waals surface area contributed by atoms with Gasteiger partial charge in [-0.05, 0) is 28.4 Å². The lowest BCUT2D eigenvalue weighted by Crippen LogP contribution is -2.34. The zero-order valence-electron chi connectivity index (χ0n) is 11.6. The van der Waals surface area contributed by atoms with Crippen LogP contribution in [-0.2, 0) is 0 Å². The van der Waals surface area contributed by atoms with Crippen molar-refractivity contribution in [2.24, 2.45) is 0 Å². The van der Waals surface area contributed by atoms with Crippen molar-refractivity contribution in [3.63, 3.8) is 0 Å². The third kappa shape index (κ3) is 5.38. The van der Waals surface area contributed by atoms with Gasteiger partial charge in [0, 0.05) is 23.8 Å². The number of aliphatic hydroxyl groups excluding tert-OH is 1. The van der Waals surface area contributed by atoms with Gasteiger partial charge >= 0.3 is 0 Å². The molecule has 0 radical (unpaired) electrons. The van der Waals surface area contributed by atoms with Crippen molar-refractivity contribution in [2.45, 2.75) is 32.6 Å². The zero-order chi connectivity index (χ0) is 15.0. The minimum Gasteiger partial charge on any atom is -0.395 e. The summed E-state index contributed by atoms with van der Waals surface area (Å²) in [5.41, 5.74) is 0.366. The molecule has 0 spiro atoms. The first kappa shape index (κ1) is 17.4. The Morgan fingerprint density at radius 3 is 2.80 bits per heavy atom. The largest absolute Gasteiger partial charge is 0.395 e. The highest BCUT2D eigenvalue weighted by molar-refractivity contribution is 9.10. The van der Waals surface area contributed by atoms with Crippen molar-refractivity contribution in [1.29, 1.82) is 0 Å². The summed E-state index contributed by atoms with van der Waals surface area (Å²) in [5, 5.41) is 9.30. The average molecular weight is 364 g/mol. The van der Waals surface area contributed by atoms with Gasteiger partial charge in [0.2, 0.25) is 0 Å². The normalized spacial score (nSPS) is 10.6. The molecule has 1 amide bonds. The number of pyridine rings is 1. The molecule has 0 aromatic carbocycles. The molecule has 0 aliphatic carbocycles. The fourth-order valence-electron chi connectivity index (χ4n) is 1.91. The number of rotatable bonds is 8. The average Bonchev–Trinajstić information content (AvgIpc) is 2.44. The fraction of sp³-hybridized carbons (Fsp3) is 0.571. The number of halogens is 2. The summed E-state index contributed by atoms with van der Waals surface area (Å²) in [6, 6.07) is 1.66. The minimum absolute atomic E-state index is 0.0570. The molecule has 1 rings (SSSR count). The van der Waals surface area contributed by atoms with Crippen LogP contribution in [0, 0.1) is 0 Å². The van der Waals surface area contributed by atoms with Crippen LogP contribution in [-0.4, -0.2) is 40.6 Å². The van der Waals surface area contributed by atoms with Gasteiger partial charge in [-0.2, -0.15) is 0 Å². The molecule has 1 aromatic rings. The van der Waals surface area contributed by atoms with Gasteiger partial charge < -0.3 is 10.0 Å². The van der Waals surface area contributed by atoms with Crippen LogP contribution in [0.1, 0.15) is 43.0 Å². The van der Waals surface area contributed by atoms with E-state index in [2.05, 4.69) is 27.8 Å². The lowest BCUT2D eigenvalue weighted by Gasteiger charge is -2.22. The van der Waals surface area contributed by atoms with Gasteiger partial charge in [0.15, 0.2) is 0 Å². The van der Waals surface area contributed by atoms with Crippen LogP contribution in [0.15, 0.2) is 16.7 Å². The quantitative estimate of drug-likeness (QED) is 0.568. The number of amides is 1. The van der Waals surface area contributed by atoms with Crippen LogP contribution in [0.25, 0.3) is 0 Å². The van der Waals surface area contributed by atoms with Crippen molar-refractivity contribution in [2.75, 3.05) is 19.7 Å². The van der Waals surface area contributed by atoms with Gasteiger partial charge in [-0.15, -0.1) is 0 Å². The second-order valence-electron chi connectivity index (χ2n) is 4.57. The van der Waals surface area contributed by atoms with E-state index in [1.165, 1.54) is 0 Å². The minimum atomic E-state index is -0.186. The smallest absolute Gasteiger partial charge is 0.257 e. The number of hydrogen-bond donors (Lipinski definition) is 1. The van der Waals surface area contributed by atoms with E-state index in [0.29, 0.717) is 23.1 Å². The molecule has 0 fully saturated rings. The molecule has 0 saturated carbocycles. The van der Waals surface area contributed by atoms with E-state index < -0.39 is 0 Å². The van der Waals surface area contributed by atoms with Crippen LogP contribution in [0.2, 0.25) is 5.15 Å². The Hall–Kier alpha value is -0.650. The SMILES string of the molecule is CCCCCCN(CCO)C(=O)c1cc(Br)cnc1Cl. The maximum absolute atomic E-state index is 12.4. The van der Waals surface area contributed by atoms with Crippen molar-refractivity contribution in [3.8, 4) is 0 Å². The summed E-state index contributed by atoms with van der Waals surface area (Å²) >= 11 is 9.26.